The second-order valence-electron chi connectivity index (χ2n) is 4.91. The highest BCUT2D eigenvalue weighted by Crippen LogP contribution is 2.12. The minimum Gasteiger partial charge on any atom is -0.484 e. The van der Waals surface area contributed by atoms with Crippen LogP contribution in [0.5, 0.6) is 5.75 Å². The first-order chi connectivity index (χ1) is 9.06. The third kappa shape index (κ3) is 3.67. The molecule has 0 aromatic heterocycles. The number of amides is 1. The zero-order valence-corrected chi connectivity index (χ0v) is 11.3. The number of likely N-dealkylation sites (N-methyl/N-ethyl adjacent to an activating group) is 1. The number of halogens is 1. The summed E-state index contributed by atoms with van der Waals surface area (Å²) in [7, 11) is 2.06. The number of ether oxygens (including phenoxy) is 1. The first kappa shape index (κ1) is 13.8. The molecule has 0 bridgehead atoms. The van der Waals surface area contributed by atoms with Gasteiger partial charge in [0.2, 0.25) is 0 Å². The highest BCUT2D eigenvalue weighted by atomic mass is 19.1. The molecule has 4 nitrogen and oxygen atoms in total. The van der Waals surface area contributed by atoms with E-state index in [0.717, 1.165) is 19.6 Å². The van der Waals surface area contributed by atoms with E-state index in [9.17, 15) is 9.18 Å². The average molecular weight is 266 g/mol. The summed E-state index contributed by atoms with van der Waals surface area (Å²) in [5.41, 5.74) is 0. The van der Waals surface area contributed by atoms with Crippen molar-refractivity contribution < 1.29 is 13.9 Å². The molecule has 0 radical (unpaired) electrons. The molecule has 1 aliphatic heterocycles. The fourth-order valence-electron chi connectivity index (χ4n) is 2.04. The van der Waals surface area contributed by atoms with Gasteiger partial charge in [0.05, 0.1) is 0 Å². The molecule has 5 heteroatoms. The Labute approximate surface area is 112 Å². The van der Waals surface area contributed by atoms with Crippen LogP contribution in [0.1, 0.15) is 6.92 Å². The molecule has 1 heterocycles. The predicted octanol–water partition coefficient (Wildman–Crippen LogP) is 1.37. The maximum Gasteiger partial charge on any atom is 0.260 e. The lowest BCUT2D eigenvalue weighted by Crippen LogP contribution is -2.53. The second-order valence-corrected chi connectivity index (χ2v) is 4.91. The first-order valence-electron chi connectivity index (χ1n) is 6.42. The SMILES string of the molecule is CC1CN(C(=O)COc2ccc(F)cc2)CCN1C. The number of benzene rings is 1. The molecule has 19 heavy (non-hydrogen) atoms. The van der Waals surface area contributed by atoms with Crippen LogP contribution >= 0.6 is 0 Å². The maximum absolute atomic E-state index is 12.7. The number of nitrogens with zero attached hydrogens (tertiary/aromatic N) is 2. The van der Waals surface area contributed by atoms with Gasteiger partial charge >= 0.3 is 0 Å². The van der Waals surface area contributed by atoms with E-state index in [-0.39, 0.29) is 18.3 Å². The van der Waals surface area contributed by atoms with Gasteiger partial charge in [0.25, 0.3) is 5.91 Å². The van der Waals surface area contributed by atoms with Gasteiger partial charge in [-0.15, -0.1) is 0 Å². The Kier molecular flexibility index (Phi) is 4.37. The summed E-state index contributed by atoms with van der Waals surface area (Å²) in [6, 6.07) is 6.04. The molecule has 1 aromatic rings. The van der Waals surface area contributed by atoms with Crippen molar-refractivity contribution in [1.29, 1.82) is 0 Å². The van der Waals surface area contributed by atoms with Crippen molar-refractivity contribution in [3.05, 3.63) is 30.1 Å². The lowest BCUT2D eigenvalue weighted by molar-refractivity contribution is -0.135. The van der Waals surface area contributed by atoms with Crippen molar-refractivity contribution in [1.82, 2.24) is 9.80 Å². The van der Waals surface area contributed by atoms with Crippen molar-refractivity contribution in [2.45, 2.75) is 13.0 Å². The van der Waals surface area contributed by atoms with Gasteiger partial charge in [-0.05, 0) is 38.2 Å². The predicted molar refractivity (Wildman–Crippen MR) is 70.6 cm³/mol. The third-order valence-corrected chi connectivity index (χ3v) is 3.49. The summed E-state index contributed by atoms with van der Waals surface area (Å²) < 4.78 is 18.1. The smallest absolute Gasteiger partial charge is 0.260 e. The van der Waals surface area contributed by atoms with Crippen molar-refractivity contribution in [3.8, 4) is 5.75 Å². The Morgan fingerprint density at radius 1 is 1.37 bits per heavy atom. The van der Waals surface area contributed by atoms with Crippen molar-refractivity contribution in [3.63, 3.8) is 0 Å². The Morgan fingerprint density at radius 3 is 2.68 bits per heavy atom. The molecule has 1 unspecified atom stereocenters. The Morgan fingerprint density at radius 2 is 2.05 bits per heavy atom. The van der Waals surface area contributed by atoms with Gasteiger partial charge in [0.15, 0.2) is 6.61 Å². The molecular weight excluding hydrogens is 247 g/mol. The van der Waals surface area contributed by atoms with Gasteiger partial charge in [-0.1, -0.05) is 0 Å². The van der Waals surface area contributed by atoms with Gasteiger partial charge in [0.1, 0.15) is 11.6 Å². The fraction of sp³-hybridized carbons (Fsp3) is 0.500. The summed E-state index contributed by atoms with van der Waals surface area (Å²) in [6.07, 6.45) is 0. The van der Waals surface area contributed by atoms with Crippen LogP contribution in [-0.2, 0) is 4.79 Å². The van der Waals surface area contributed by atoms with E-state index in [0.29, 0.717) is 11.8 Å². The van der Waals surface area contributed by atoms with Crippen LogP contribution in [0.2, 0.25) is 0 Å². The molecular formula is C14H19FN2O2. The number of hydrogen-bond donors (Lipinski definition) is 0. The lowest BCUT2D eigenvalue weighted by atomic mass is 10.2. The van der Waals surface area contributed by atoms with E-state index in [1.807, 2.05) is 4.90 Å². The summed E-state index contributed by atoms with van der Waals surface area (Å²) in [5.74, 6) is 0.174. The standard InChI is InChI=1S/C14H19FN2O2/c1-11-9-17(8-7-16(11)2)14(18)10-19-13-5-3-12(15)4-6-13/h3-6,11H,7-10H2,1-2H3. The van der Waals surface area contributed by atoms with Gasteiger partial charge in [-0.3, -0.25) is 4.79 Å². The molecule has 2 rings (SSSR count). The summed E-state index contributed by atoms with van der Waals surface area (Å²) >= 11 is 0. The highest BCUT2D eigenvalue weighted by Gasteiger charge is 2.24. The Balaban J connectivity index is 1.83. The van der Waals surface area contributed by atoms with E-state index < -0.39 is 0 Å². The highest BCUT2D eigenvalue weighted by molar-refractivity contribution is 5.78. The maximum atomic E-state index is 12.7. The van der Waals surface area contributed by atoms with E-state index >= 15 is 0 Å². The van der Waals surface area contributed by atoms with Crippen LogP contribution in [-0.4, -0.2) is 55.0 Å². The van der Waals surface area contributed by atoms with Gasteiger partial charge < -0.3 is 14.5 Å². The second kappa shape index (κ2) is 6.02. The minimum absolute atomic E-state index is 0.00205. The molecule has 1 aliphatic rings. The Bertz CT molecular complexity index is 436. The fourth-order valence-corrected chi connectivity index (χ4v) is 2.04. The quantitative estimate of drug-likeness (QED) is 0.828. The van der Waals surface area contributed by atoms with Crippen molar-refractivity contribution in [2.75, 3.05) is 33.3 Å². The van der Waals surface area contributed by atoms with Gasteiger partial charge in [-0.2, -0.15) is 0 Å². The molecule has 0 spiro atoms. The molecule has 1 amide bonds. The average Bonchev–Trinajstić information content (AvgIpc) is 2.41. The molecule has 1 atom stereocenters. The third-order valence-electron chi connectivity index (χ3n) is 3.49. The van der Waals surface area contributed by atoms with E-state index in [2.05, 4.69) is 18.9 Å². The topological polar surface area (TPSA) is 32.8 Å². The van der Waals surface area contributed by atoms with Gasteiger partial charge in [-0.25, -0.2) is 4.39 Å². The van der Waals surface area contributed by atoms with Crippen LogP contribution in [0.4, 0.5) is 4.39 Å². The molecule has 0 N–H and O–H groups in total. The summed E-state index contributed by atoms with van der Waals surface area (Å²) in [4.78, 5) is 16.0. The number of rotatable bonds is 3. The molecule has 1 fully saturated rings. The normalized spacial score (nSPS) is 20.4. The molecule has 104 valence electrons. The van der Waals surface area contributed by atoms with Crippen LogP contribution < -0.4 is 4.74 Å². The van der Waals surface area contributed by atoms with E-state index in [4.69, 9.17) is 4.74 Å². The summed E-state index contributed by atoms with van der Waals surface area (Å²) in [5, 5.41) is 0. The number of piperazine rings is 1. The Hall–Kier alpha value is -1.62. The largest absolute Gasteiger partial charge is 0.484 e. The van der Waals surface area contributed by atoms with Crippen molar-refractivity contribution >= 4 is 5.91 Å². The minimum atomic E-state index is -0.313. The van der Waals surface area contributed by atoms with Crippen LogP contribution in [0.15, 0.2) is 24.3 Å². The van der Waals surface area contributed by atoms with Crippen LogP contribution in [0.25, 0.3) is 0 Å². The molecule has 0 saturated carbocycles. The first-order valence-corrected chi connectivity index (χ1v) is 6.42. The molecule has 1 saturated heterocycles. The number of hydrogen-bond acceptors (Lipinski definition) is 3. The lowest BCUT2D eigenvalue weighted by Gasteiger charge is -2.37. The van der Waals surface area contributed by atoms with Crippen molar-refractivity contribution in [2.24, 2.45) is 0 Å². The van der Waals surface area contributed by atoms with Gasteiger partial charge in [0, 0.05) is 25.7 Å². The number of carbonyl (C=O) groups is 1. The van der Waals surface area contributed by atoms with Crippen LogP contribution in [0, 0.1) is 5.82 Å². The zero-order valence-electron chi connectivity index (χ0n) is 11.3. The molecule has 0 aliphatic carbocycles. The molecule has 1 aromatic carbocycles. The summed E-state index contributed by atoms with van der Waals surface area (Å²) in [6.45, 7) is 4.43. The number of carbonyl (C=O) groups excluding carboxylic acids is 1. The zero-order chi connectivity index (χ0) is 13.8. The van der Waals surface area contributed by atoms with E-state index in [1.165, 1.54) is 24.3 Å². The van der Waals surface area contributed by atoms with E-state index in [1.54, 1.807) is 0 Å². The van der Waals surface area contributed by atoms with Crippen LogP contribution in [0.3, 0.4) is 0 Å². The monoisotopic (exact) mass is 266 g/mol.